The molecule has 0 saturated carbocycles. The van der Waals surface area contributed by atoms with Crippen LogP contribution in [0.4, 0.5) is 0 Å². The molecule has 0 saturated heterocycles. The molecule has 1 aromatic rings. The molecule has 1 amide bonds. The topological polar surface area (TPSA) is 49.0 Å². The summed E-state index contributed by atoms with van der Waals surface area (Å²) in [6.45, 7) is 9.47. The SMILES string of the molecule is Cc1n[nH]c2c1CN(C(=O)C(C)(C)C)CCC2. The highest BCUT2D eigenvalue weighted by molar-refractivity contribution is 5.81. The lowest BCUT2D eigenvalue weighted by Crippen LogP contribution is -2.39. The minimum Gasteiger partial charge on any atom is -0.338 e. The molecular weight excluding hydrogens is 214 g/mol. The van der Waals surface area contributed by atoms with Crippen molar-refractivity contribution in [2.24, 2.45) is 5.41 Å². The van der Waals surface area contributed by atoms with Gasteiger partial charge in [0.25, 0.3) is 0 Å². The molecule has 0 atom stereocenters. The first-order valence-corrected chi connectivity index (χ1v) is 6.21. The third-order valence-electron chi connectivity index (χ3n) is 3.29. The van der Waals surface area contributed by atoms with Gasteiger partial charge in [0.1, 0.15) is 0 Å². The van der Waals surface area contributed by atoms with Crippen molar-refractivity contribution in [2.75, 3.05) is 6.54 Å². The maximum atomic E-state index is 12.3. The van der Waals surface area contributed by atoms with E-state index in [0.29, 0.717) is 6.54 Å². The van der Waals surface area contributed by atoms with Crippen LogP contribution in [0.3, 0.4) is 0 Å². The van der Waals surface area contributed by atoms with Gasteiger partial charge in [0, 0.05) is 29.8 Å². The molecule has 0 fully saturated rings. The normalized spacial score (nSPS) is 16.6. The molecule has 4 heteroatoms. The molecule has 0 radical (unpaired) electrons. The summed E-state index contributed by atoms with van der Waals surface area (Å²) in [6.07, 6.45) is 2.00. The van der Waals surface area contributed by atoms with Gasteiger partial charge in [0.05, 0.1) is 5.69 Å². The Morgan fingerprint density at radius 2 is 2.12 bits per heavy atom. The molecule has 1 aliphatic heterocycles. The van der Waals surface area contributed by atoms with Crippen LogP contribution in [0.5, 0.6) is 0 Å². The molecule has 1 aliphatic rings. The number of H-pyrrole nitrogens is 1. The molecule has 94 valence electrons. The van der Waals surface area contributed by atoms with Crippen molar-refractivity contribution >= 4 is 5.91 Å². The minimum absolute atomic E-state index is 0.228. The lowest BCUT2D eigenvalue weighted by molar-refractivity contribution is -0.140. The Morgan fingerprint density at radius 3 is 2.76 bits per heavy atom. The average Bonchev–Trinajstić information content (AvgIpc) is 2.50. The molecule has 1 aromatic heterocycles. The first-order valence-electron chi connectivity index (χ1n) is 6.21. The zero-order chi connectivity index (χ0) is 12.6. The molecule has 4 nitrogen and oxygen atoms in total. The number of aryl methyl sites for hydroxylation is 2. The maximum absolute atomic E-state index is 12.3. The van der Waals surface area contributed by atoms with E-state index in [4.69, 9.17) is 0 Å². The predicted molar refractivity (Wildman–Crippen MR) is 66.5 cm³/mol. The summed E-state index contributed by atoms with van der Waals surface area (Å²) in [5, 5.41) is 7.31. The number of rotatable bonds is 0. The smallest absolute Gasteiger partial charge is 0.228 e. The highest BCUT2D eigenvalue weighted by Crippen LogP contribution is 2.24. The first-order chi connectivity index (χ1) is 7.89. The van der Waals surface area contributed by atoms with Crippen molar-refractivity contribution in [3.05, 3.63) is 17.0 Å². The second-order valence-corrected chi connectivity index (χ2v) is 5.85. The van der Waals surface area contributed by atoms with Gasteiger partial charge in [-0.1, -0.05) is 20.8 Å². The van der Waals surface area contributed by atoms with E-state index < -0.39 is 0 Å². The monoisotopic (exact) mass is 235 g/mol. The van der Waals surface area contributed by atoms with Crippen molar-refractivity contribution in [3.8, 4) is 0 Å². The molecule has 0 bridgehead atoms. The van der Waals surface area contributed by atoms with Crippen LogP contribution in [0, 0.1) is 12.3 Å². The summed E-state index contributed by atoms with van der Waals surface area (Å²) in [5.74, 6) is 0.228. The Morgan fingerprint density at radius 1 is 1.41 bits per heavy atom. The molecule has 0 spiro atoms. The van der Waals surface area contributed by atoms with Gasteiger partial charge < -0.3 is 4.90 Å². The van der Waals surface area contributed by atoms with E-state index in [2.05, 4.69) is 10.2 Å². The number of carbonyl (C=O) groups is 1. The largest absolute Gasteiger partial charge is 0.338 e. The lowest BCUT2D eigenvalue weighted by atomic mass is 9.94. The van der Waals surface area contributed by atoms with Gasteiger partial charge in [0.15, 0.2) is 0 Å². The van der Waals surface area contributed by atoms with Gasteiger partial charge >= 0.3 is 0 Å². The Balaban J connectivity index is 2.24. The lowest BCUT2D eigenvalue weighted by Gasteiger charge is -2.28. The Bertz CT molecular complexity index is 428. The summed E-state index contributed by atoms with van der Waals surface area (Å²) in [5.41, 5.74) is 3.13. The second-order valence-electron chi connectivity index (χ2n) is 5.85. The van der Waals surface area contributed by atoms with Crippen molar-refractivity contribution in [2.45, 2.75) is 47.1 Å². The molecule has 1 N–H and O–H groups in total. The minimum atomic E-state index is -0.303. The van der Waals surface area contributed by atoms with Crippen LogP contribution >= 0.6 is 0 Å². The summed E-state index contributed by atoms with van der Waals surface area (Å²) >= 11 is 0. The van der Waals surface area contributed by atoms with Crippen molar-refractivity contribution in [3.63, 3.8) is 0 Å². The van der Waals surface area contributed by atoms with E-state index in [9.17, 15) is 4.79 Å². The number of nitrogens with one attached hydrogen (secondary N) is 1. The van der Waals surface area contributed by atoms with E-state index in [1.165, 1.54) is 11.3 Å². The molecule has 2 heterocycles. The number of nitrogens with zero attached hydrogens (tertiary/aromatic N) is 2. The fraction of sp³-hybridized carbons (Fsp3) is 0.692. The number of hydrogen-bond acceptors (Lipinski definition) is 2. The van der Waals surface area contributed by atoms with Crippen molar-refractivity contribution < 1.29 is 4.79 Å². The second kappa shape index (κ2) is 4.17. The van der Waals surface area contributed by atoms with Crippen LogP contribution in [0.1, 0.15) is 44.1 Å². The van der Waals surface area contributed by atoms with Gasteiger partial charge in [-0.3, -0.25) is 9.89 Å². The van der Waals surface area contributed by atoms with Gasteiger partial charge in [0.2, 0.25) is 5.91 Å². The van der Waals surface area contributed by atoms with Crippen LogP contribution in [0.15, 0.2) is 0 Å². The van der Waals surface area contributed by atoms with Crippen molar-refractivity contribution in [1.29, 1.82) is 0 Å². The van der Waals surface area contributed by atoms with E-state index >= 15 is 0 Å². The number of amides is 1. The summed E-state index contributed by atoms with van der Waals surface area (Å²) in [4.78, 5) is 14.3. The Kier molecular flexibility index (Phi) is 2.98. The summed E-state index contributed by atoms with van der Waals surface area (Å²) < 4.78 is 0. The van der Waals surface area contributed by atoms with E-state index in [-0.39, 0.29) is 11.3 Å². The Hall–Kier alpha value is -1.32. The molecule has 0 unspecified atom stereocenters. The molecule has 2 rings (SSSR count). The predicted octanol–water partition coefficient (Wildman–Crippen LogP) is 2.04. The van der Waals surface area contributed by atoms with Crippen LogP contribution in [0.25, 0.3) is 0 Å². The molecule has 0 aromatic carbocycles. The van der Waals surface area contributed by atoms with Crippen LogP contribution in [0.2, 0.25) is 0 Å². The van der Waals surface area contributed by atoms with E-state index in [0.717, 1.165) is 25.1 Å². The van der Waals surface area contributed by atoms with Crippen LogP contribution in [-0.2, 0) is 17.8 Å². The first kappa shape index (κ1) is 12.1. The number of fused-ring (bicyclic) bond motifs is 1. The van der Waals surface area contributed by atoms with Gasteiger partial charge in [-0.05, 0) is 19.8 Å². The van der Waals surface area contributed by atoms with E-state index in [1.807, 2.05) is 32.6 Å². The standard InChI is InChI=1S/C13H21N3O/c1-9-10-8-16(12(17)13(2,3)4)7-5-6-11(10)15-14-9/h5-8H2,1-4H3,(H,14,15). The maximum Gasteiger partial charge on any atom is 0.228 e. The fourth-order valence-electron chi connectivity index (χ4n) is 2.29. The quantitative estimate of drug-likeness (QED) is 0.748. The van der Waals surface area contributed by atoms with E-state index in [1.54, 1.807) is 0 Å². The summed E-state index contributed by atoms with van der Waals surface area (Å²) in [7, 11) is 0. The molecule has 0 aliphatic carbocycles. The van der Waals surface area contributed by atoms with Gasteiger partial charge in [-0.25, -0.2) is 0 Å². The molecular formula is C13H21N3O. The highest BCUT2D eigenvalue weighted by atomic mass is 16.2. The van der Waals surface area contributed by atoms with Crippen molar-refractivity contribution in [1.82, 2.24) is 15.1 Å². The zero-order valence-electron chi connectivity index (χ0n) is 11.1. The summed E-state index contributed by atoms with van der Waals surface area (Å²) in [6, 6.07) is 0. The fourth-order valence-corrected chi connectivity index (χ4v) is 2.29. The number of aromatic amines is 1. The average molecular weight is 235 g/mol. The van der Waals surface area contributed by atoms with Gasteiger partial charge in [-0.15, -0.1) is 0 Å². The van der Waals surface area contributed by atoms with Crippen LogP contribution in [-0.4, -0.2) is 27.5 Å². The van der Waals surface area contributed by atoms with Gasteiger partial charge in [-0.2, -0.15) is 5.10 Å². The number of carbonyl (C=O) groups excluding carboxylic acids is 1. The number of hydrogen-bond donors (Lipinski definition) is 1. The zero-order valence-corrected chi connectivity index (χ0v) is 11.1. The number of aromatic nitrogens is 2. The third kappa shape index (κ3) is 2.35. The van der Waals surface area contributed by atoms with Crippen LogP contribution < -0.4 is 0 Å². The highest BCUT2D eigenvalue weighted by Gasteiger charge is 2.29. The Labute approximate surface area is 102 Å². The molecule has 17 heavy (non-hydrogen) atoms. The third-order valence-corrected chi connectivity index (χ3v) is 3.29.